The number of rotatable bonds is 4. The predicted octanol–water partition coefficient (Wildman–Crippen LogP) is 6.64. The van der Waals surface area contributed by atoms with E-state index in [-0.39, 0.29) is 37.7 Å². The van der Waals surface area contributed by atoms with Gasteiger partial charge in [0.1, 0.15) is 11.6 Å². The topological polar surface area (TPSA) is 65.8 Å². The molecule has 0 atom stereocenters. The number of halogens is 3. The van der Waals surface area contributed by atoms with Crippen molar-refractivity contribution in [2.24, 2.45) is 7.05 Å². The number of hydrogen-bond donors (Lipinski definition) is 1. The molecule has 1 fully saturated rings. The molecule has 1 aliphatic heterocycles. The zero-order chi connectivity index (χ0) is 27.2. The number of benzene rings is 3. The summed E-state index contributed by atoms with van der Waals surface area (Å²) >= 11 is 0. The van der Waals surface area contributed by atoms with Crippen molar-refractivity contribution in [3.05, 3.63) is 78.1 Å². The summed E-state index contributed by atoms with van der Waals surface area (Å²) in [5.41, 5.74) is 4.40. The highest BCUT2D eigenvalue weighted by Crippen LogP contribution is 2.38. The van der Waals surface area contributed by atoms with Crippen LogP contribution < -0.4 is 4.90 Å². The summed E-state index contributed by atoms with van der Waals surface area (Å²) in [6.45, 7) is 0.0405. The lowest BCUT2D eigenvalue weighted by Crippen LogP contribution is -2.42. The molecule has 0 unspecified atom stereocenters. The molecule has 0 saturated carbocycles. The fraction of sp³-hybridized carbons (Fsp3) is 0.241. The number of carbonyl (C=O) groups is 2. The van der Waals surface area contributed by atoms with Gasteiger partial charge in [-0.1, -0.05) is 24.3 Å². The second-order valence-corrected chi connectivity index (χ2v) is 9.60. The highest BCUT2D eigenvalue weighted by Gasteiger charge is 2.35. The number of alkyl halides is 2. The van der Waals surface area contributed by atoms with Crippen LogP contribution in [0, 0.1) is 5.82 Å². The van der Waals surface area contributed by atoms with E-state index in [9.17, 15) is 27.9 Å². The summed E-state index contributed by atoms with van der Waals surface area (Å²) in [5, 5.41) is 10.3. The Labute approximate surface area is 217 Å². The first-order chi connectivity index (χ1) is 18.0. The van der Waals surface area contributed by atoms with E-state index < -0.39 is 12.0 Å². The number of piperidine rings is 1. The van der Waals surface area contributed by atoms with Crippen LogP contribution in [0.2, 0.25) is 0 Å². The smallest absolute Gasteiger partial charge is 0.412 e. The third kappa shape index (κ3) is 4.71. The summed E-state index contributed by atoms with van der Waals surface area (Å²) in [6, 6.07) is 18.7. The predicted molar refractivity (Wildman–Crippen MR) is 140 cm³/mol. The van der Waals surface area contributed by atoms with E-state index in [1.165, 1.54) is 24.1 Å². The van der Waals surface area contributed by atoms with Crippen molar-refractivity contribution in [2.45, 2.75) is 18.8 Å². The molecule has 0 radical (unpaired) electrons. The number of aryl methyl sites for hydroxylation is 1. The number of hydrogen-bond acceptors (Lipinski definition) is 2. The molecule has 2 heterocycles. The number of likely N-dealkylation sites (tertiary alicyclic amines) is 1. The van der Waals surface area contributed by atoms with E-state index in [0.717, 1.165) is 38.1 Å². The normalized spacial score (nSPS) is 15.0. The van der Waals surface area contributed by atoms with E-state index in [1.807, 2.05) is 12.1 Å². The van der Waals surface area contributed by atoms with E-state index in [4.69, 9.17) is 0 Å². The number of anilines is 1. The van der Waals surface area contributed by atoms with E-state index in [2.05, 4.69) is 0 Å². The van der Waals surface area contributed by atoms with Gasteiger partial charge in [-0.15, -0.1) is 0 Å². The SMILES string of the molecule is CN(C(=O)O)c1cc2cc(-c3ccc(C(=O)N4CCC(F)(F)CC4)cc3)cc(-c3ccc(F)cc3)c2n1C. The monoisotopic (exact) mass is 521 g/mol. The van der Waals surface area contributed by atoms with Gasteiger partial charge in [0, 0.05) is 56.5 Å². The molecule has 1 aliphatic rings. The number of amides is 2. The van der Waals surface area contributed by atoms with Gasteiger partial charge in [-0.3, -0.25) is 9.69 Å². The van der Waals surface area contributed by atoms with Crippen molar-refractivity contribution < 1.29 is 27.9 Å². The minimum atomic E-state index is -2.72. The second kappa shape index (κ2) is 9.55. The van der Waals surface area contributed by atoms with Crippen molar-refractivity contribution >= 4 is 28.7 Å². The maximum absolute atomic E-state index is 13.7. The van der Waals surface area contributed by atoms with Gasteiger partial charge >= 0.3 is 6.09 Å². The third-order valence-electron chi connectivity index (χ3n) is 7.14. The Hall–Kier alpha value is -4.27. The molecule has 38 heavy (non-hydrogen) atoms. The number of carbonyl (C=O) groups excluding carboxylic acids is 1. The van der Waals surface area contributed by atoms with Crippen LogP contribution in [0.15, 0.2) is 66.7 Å². The quantitative estimate of drug-likeness (QED) is 0.328. The lowest BCUT2D eigenvalue weighted by atomic mass is 9.95. The molecule has 196 valence electrons. The van der Waals surface area contributed by atoms with Crippen LogP contribution in [0.1, 0.15) is 23.2 Å². The number of carboxylic acid groups (broad SMARTS) is 1. The van der Waals surface area contributed by atoms with Crippen molar-refractivity contribution in [3.63, 3.8) is 0 Å². The van der Waals surface area contributed by atoms with Crippen LogP contribution in [0.25, 0.3) is 33.2 Å². The molecule has 4 aromatic rings. The molecule has 2 amide bonds. The summed E-state index contributed by atoms with van der Waals surface area (Å²) in [4.78, 5) is 27.1. The minimum absolute atomic E-state index is 0.0202. The lowest BCUT2D eigenvalue weighted by Gasteiger charge is -2.31. The third-order valence-corrected chi connectivity index (χ3v) is 7.14. The van der Waals surface area contributed by atoms with Gasteiger partial charge in [0.05, 0.1) is 5.52 Å². The van der Waals surface area contributed by atoms with Crippen LogP contribution in [-0.4, -0.2) is 52.6 Å². The molecule has 1 saturated heterocycles. The molecular weight excluding hydrogens is 495 g/mol. The Morgan fingerprint density at radius 1 is 0.895 bits per heavy atom. The first-order valence-corrected chi connectivity index (χ1v) is 12.2. The minimum Gasteiger partial charge on any atom is -0.465 e. The fourth-order valence-corrected chi connectivity index (χ4v) is 4.95. The molecule has 1 N–H and O–H groups in total. The average molecular weight is 522 g/mol. The molecule has 9 heteroatoms. The Kier molecular flexibility index (Phi) is 6.38. The van der Waals surface area contributed by atoms with Crippen LogP contribution in [0.4, 0.5) is 23.8 Å². The van der Waals surface area contributed by atoms with Gasteiger partial charge in [-0.2, -0.15) is 0 Å². The van der Waals surface area contributed by atoms with E-state index in [0.29, 0.717) is 11.4 Å². The van der Waals surface area contributed by atoms with Gasteiger partial charge in [-0.25, -0.2) is 18.0 Å². The van der Waals surface area contributed by atoms with Crippen LogP contribution in [0.3, 0.4) is 0 Å². The summed E-state index contributed by atoms with van der Waals surface area (Å²) < 4.78 is 42.4. The zero-order valence-corrected chi connectivity index (χ0v) is 20.9. The molecule has 0 spiro atoms. The van der Waals surface area contributed by atoms with Gasteiger partial charge in [0.2, 0.25) is 0 Å². The number of aromatic nitrogens is 1. The maximum atomic E-state index is 13.7. The van der Waals surface area contributed by atoms with Crippen LogP contribution in [-0.2, 0) is 7.05 Å². The standard InChI is InChI=1S/C29H26F3N3O3/c1-33-25(34(2)28(37)38)17-22-15-21(16-24(26(22)33)19-7-9-23(30)10-8-19)18-3-5-20(6-4-18)27(36)35-13-11-29(31,32)12-14-35/h3-10,15-17H,11-14H2,1-2H3,(H,37,38). The molecule has 0 bridgehead atoms. The zero-order valence-electron chi connectivity index (χ0n) is 20.9. The van der Waals surface area contributed by atoms with E-state index in [1.54, 1.807) is 54.1 Å². The molecule has 1 aromatic heterocycles. The highest BCUT2D eigenvalue weighted by atomic mass is 19.3. The summed E-state index contributed by atoms with van der Waals surface area (Å²) in [7, 11) is 3.24. The Balaban J connectivity index is 1.55. The van der Waals surface area contributed by atoms with Crippen LogP contribution in [0.5, 0.6) is 0 Å². The second-order valence-electron chi connectivity index (χ2n) is 9.60. The molecule has 0 aliphatic carbocycles. The number of fused-ring (bicyclic) bond motifs is 1. The van der Waals surface area contributed by atoms with Crippen molar-refractivity contribution in [1.29, 1.82) is 0 Å². The van der Waals surface area contributed by atoms with Crippen molar-refractivity contribution in [1.82, 2.24) is 9.47 Å². The highest BCUT2D eigenvalue weighted by molar-refractivity contribution is 6.02. The largest absolute Gasteiger partial charge is 0.465 e. The molecular formula is C29H26F3N3O3. The van der Waals surface area contributed by atoms with Crippen molar-refractivity contribution in [2.75, 3.05) is 25.0 Å². The molecule has 5 rings (SSSR count). The average Bonchev–Trinajstić information content (AvgIpc) is 3.24. The number of nitrogens with zero attached hydrogens (tertiary/aromatic N) is 3. The molecule has 6 nitrogen and oxygen atoms in total. The summed E-state index contributed by atoms with van der Waals surface area (Å²) in [5.74, 6) is -2.89. The summed E-state index contributed by atoms with van der Waals surface area (Å²) in [6.07, 6.45) is -1.77. The van der Waals surface area contributed by atoms with Gasteiger partial charge in [0.15, 0.2) is 0 Å². The maximum Gasteiger partial charge on any atom is 0.412 e. The Morgan fingerprint density at radius 2 is 1.50 bits per heavy atom. The van der Waals surface area contributed by atoms with Gasteiger partial charge in [-0.05, 0) is 59.2 Å². The fourth-order valence-electron chi connectivity index (χ4n) is 4.95. The van der Waals surface area contributed by atoms with Gasteiger partial charge in [0.25, 0.3) is 11.8 Å². The van der Waals surface area contributed by atoms with Crippen molar-refractivity contribution in [3.8, 4) is 22.3 Å². The Bertz CT molecular complexity index is 1520. The van der Waals surface area contributed by atoms with Gasteiger partial charge < -0.3 is 14.6 Å². The van der Waals surface area contributed by atoms with Crippen LogP contribution >= 0.6 is 0 Å². The first-order valence-electron chi connectivity index (χ1n) is 12.2. The first kappa shape index (κ1) is 25.4. The van der Waals surface area contributed by atoms with E-state index >= 15 is 0 Å². The molecule has 3 aromatic carbocycles. The lowest BCUT2D eigenvalue weighted by molar-refractivity contribution is -0.0494. The Morgan fingerprint density at radius 3 is 2.11 bits per heavy atom.